The lowest BCUT2D eigenvalue weighted by Crippen LogP contribution is -2.50. The summed E-state index contributed by atoms with van der Waals surface area (Å²) in [6, 6.07) is -0.0229. The average molecular weight is 185 g/mol. The van der Waals surface area contributed by atoms with Crippen molar-refractivity contribution < 1.29 is 4.79 Å². The van der Waals surface area contributed by atoms with Gasteiger partial charge in [-0.3, -0.25) is 15.1 Å². The molecule has 76 valence electrons. The number of likely N-dealkylation sites (tertiary alicyclic amines) is 1. The summed E-state index contributed by atoms with van der Waals surface area (Å²) in [6.45, 7) is 4.09. The molecule has 0 aromatic heterocycles. The van der Waals surface area contributed by atoms with E-state index in [0.29, 0.717) is 0 Å². The van der Waals surface area contributed by atoms with Gasteiger partial charge in [0.1, 0.15) is 0 Å². The summed E-state index contributed by atoms with van der Waals surface area (Å²) < 4.78 is 0. The van der Waals surface area contributed by atoms with Gasteiger partial charge in [-0.2, -0.15) is 0 Å². The molecule has 1 saturated heterocycles. The summed E-state index contributed by atoms with van der Waals surface area (Å²) in [5.74, 6) is 5.08. The number of hydrazine groups is 1. The molecule has 0 spiro atoms. The number of carbonyl (C=O) groups excluding carboxylic acids is 1. The lowest BCUT2D eigenvalue weighted by molar-refractivity contribution is -0.127. The second-order valence-corrected chi connectivity index (χ2v) is 3.53. The number of nitrogens with two attached hydrogens (primary N) is 1. The van der Waals surface area contributed by atoms with Crippen LogP contribution < -0.4 is 11.3 Å². The normalized spacial score (nSPS) is 21.1. The molecule has 1 amide bonds. The Labute approximate surface area is 79.4 Å². The first-order valence-electron chi connectivity index (χ1n) is 5.04. The lowest BCUT2D eigenvalue weighted by Gasteiger charge is -2.32. The molecule has 13 heavy (non-hydrogen) atoms. The summed E-state index contributed by atoms with van der Waals surface area (Å²) in [5.41, 5.74) is 2.23. The third kappa shape index (κ3) is 2.67. The zero-order chi connectivity index (χ0) is 9.68. The molecule has 1 aliphatic heterocycles. The van der Waals surface area contributed by atoms with E-state index in [-0.39, 0.29) is 11.9 Å². The Morgan fingerprint density at radius 2 is 2.08 bits per heavy atom. The summed E-state index contributed by atoms with van der Waals surface area (Å²) in [5, 5.41) is 0. The fourth-order valence-corrected chi connectivity index (χ4v) is 1.94. The molecule has 0 aliphatic carbocycles. The largest absolute Gasteiger partial charge is 0.293 e. The maximum absolute atomic E-state index is 11.4. The molecule has 1 fully saturated rings. The lowest BCUT2D eigenvalue weighted by atomic mass is 10.1. The topological polar surface area (TPSA) is 58.4 Å². The Kier molecular flexibility index (Phi) is 4.18. The highest BCUT2D eigenvalue weighted by atomic mass is 16.2. The fraction of sp³-hybridized carbons (Fsp3) is 0.889. The molecule has 0 saturated carbocycles. The summed E-state index contributed by atoms with van der Waals surface area (Å²) >= 11 is 0. The zero-order valence-electron chi connectivity index (χ0n) is 8.25. The van der Waals surface area contributed by atoms with Crippen molar-refractivity contribution in [3.63, 3.8) is 0 Å². The SMILES string of the molecule is CC[C@H](C(=O)NN)N1CCCCC1. The van der Waals surface area contributed by atoms with E-state index in [1.807, 2.05) is 6.92 Å². The molecule has 3 N–H and O–H groups in total. The van der Waals surface area contributed by atoms with Crippen LogP contribution in [0.15, 0.2) is 0 Å². The smallest absolute Gasteiger partial charge is 0.251 e. The molecular formula is C9H19N3O. The minimum atomic E-state index is -0.0515. The fourth-order valence-electron chi connectivity index (χ4n) is 1.94. The second-order valence-electron chi connectivity index (χ2n) is 3.53. The summed E-state index contributed by atoms with van der Waals surface area (Å²) in [6.07, 6.45) is 4.53. The van der Waals surface area contributed by atoms with Crippen molar-refractivity contribution >= 4 is 5.91 Å². The van der Waals surface area contributed by atoms with Gasteiger partial charge in [-0.15, -0.1) is 0 Å². The zero-order valence-corrected chi connectivity index (χ0v) is 8.25. The van der Waals surface area contributed by atoms with Gasteiger partial charge >= 0.3 is 0 Å². The van der Waals surface area contributed by atoms with Gasteiger partial charge in [0.2, 0.25) is 0 Å². The van der Waals surface area contributed by atoms with Crippen LogP contribution in [0.2, 0.25) is 0 Å². The monoisotopic (exact) mass is 185 g/mol. The number of nitrogens with zero attached hydrogens (tertiary/aromatic N) is 1. The average Bonchev–Trinajstić information content (AvgIpc) is 2.20. The molecule has 0 radical (unpaired) electrons. The van der Waals surface area contributed by atoms with Gasteiger partial charge in [0, 0.05) is 0 Å². The highest BCUT2D eigenvalue weighted by Crippen LogP contribution is 2.13. The Morgan fingerprint density at radius 1 is 1.46 bits per heavy atom. The highest BCUT2D eigenvalue weighted by molar-refractivity contribution is 5.81. The molecule has 1 rings (SSSR count). The first kappa shape index (κ1) is 10.5. The molecule has 0 bridgehead atoms. The van der Waals surface area contributed by atoms with Crippen LogP contribution in [0.25, 0.3) is 0 Å². The number of rotatable bonds is 3. The third-order valence-corrected chi connectivity index (χ3v) is 2.66. The number of hydrogen-bond acceptors (Lipinski definition) is 3. The van der Waals surface area contributed by atoms with Gasteiger partial charge in [0.05, 0.1) is 6.04 Å². The van der Waals surface area contributed by atoms with E-state index in [2.05, 4.69) is 10.3 Å². The molecule has 1 heterocycles. The second kappa shape index (κ2) is 5.19. The van der Waals surface area contributed by atoms with E-state index < -0.39 is 0 Å². The van der Waals surface area contributed by atoms with Crippen LogP contribution in [0.5, 0.6) is 0 Å². The van der Waals surface area contributed by atoms with Gasteiger partial charge in [-0.25, -0.2) is 5.84 Å². The number of amides is 1. The number of piperidine rings is 1. The van der Waals surface area contributed by atoms with Crippen molar-refractivity contribution in [3.8, 4) is 0 Å². The Hall–Kier alpha value is -0.610. The standard InChI is InChI=1S/C9H19N3O/c1-2-8(9(13)11-10)12-6-4-3-5-7-12/h8H,2-7,10H2,1H3,(H,11,13)/t8-/m1/s1. The van der Waals surface area contributed by atoms with Crippen LogP contribution in [-0.2, 0) is 4.79 Å². The van der Waals surface area contributed by atoms with E-state index in [1.165, 1.54) is 19.3 Å². The highest BCUT2D eigenvalue weighted by Gasteiger charge is 2.24. The molecule has 4 nitrogen and oxygen atoms in total. The van der Waals surface area contributed by atoms with Crippen LogP contribution >= 0.6 is 0 Å². The van der Waals surface area contributed by atoms with Gasteiger partial charge in [-0.1, -0.05) is 13.3 Å². The summed E-state index contributed by atoms with van der Waals surface area (Å²) in [4.78, 5) is 13.6. The van der Waals surface area contributed by atoms with Crippen LogP contribution in [-0.4, -0.2) is 29.9 Å². The molecular weight excluding hydrogens is 166 g/mol. The Bertz CT molecular complexity index is 166. The maximum atomic E-state index is 11.4. The first-order valence-corrected chi connectivity index (χ1v) is 5.04. The van der Waals surface area contributed by atoms with Gasteiger partial charge < -0.3 is 0 Å². The molecule has 4 heteroatoms. The van der Waals surface area contributed by atoms with Gasteiger partial charge in [0.15, 0.2) is 0 Å². The van der Waals surface area contributed by atoms with E-state index in [4.69, 9.17) is 5.84 Å². The van der Waals surface area contributed by atoms with Crippen LogP contribution in [0.1, 0.15) is 32.6 Å². The molecule has 0 unspecified atom stereocenters. The van der Waals surface area contributed by atoms with E-state index in [0.717, 1.165) is 19.5 Å². The molecule has 0 aromatic rings. The summed E-state index contributed by atoms with van der Waals surface area (Å²) in [7, 11) is 0. The quantitative estimate of drug-likeness (QED) is 0.376. The van der Waals surface area contributed by atoms with Crippen LogP contribution in [0, 0.1) is 0 Å². The van der Waals surface area contributed by atoms with Crippen molar-refractivity contribution in [2.24, 2.45) is 5.84 Å². The number of hydrogen-bond donors (Lipinski definition) is 2. The van der Waals surface area contributed by atoms with Crippen molar-refractivity contribution in [1.29, 1.82) is 0 Å². The predicted octanol–water partition coefficient (Wildman–Crippen LogP) is 0.241. The van der Waals surface area contributed by atoms with Crippen molar-refractivity contribution in [1.82, 2.24) is 10.3 Å². The molecule has 1 atom stereocenters. The Balaban J connectivity index is 2.48. The van der Waals surface area contributed by atoms with Crippen molar-refractivity contribution in [3.05, 3.63) is 0 Å². The van der Waals surface area contributed by atoms with E-state index in [1.54, 1.807) is 0 Å². The number of carbonyl (C=O) groups is 1. The van der Waals surface area contributed by atoms with Crippen LogP contribution in [0.3, 0.4) is 0 Å². The van der Waals surface area contributed by atoms with E-state index >= 15 is 0 Å². The first-order chi connectivity index (χ1) is 6.29. The van der Waals surface area contributed by atoms with Gasteiger partial charge in [0.25, 0.3) is 5.91 Å². The van der Waals surface area contributed by atoms with Crippen molar-refractivity contribution in [2.75, 3.05) is 13.1 Å². The maximum Gasteiger partial charge on any atom is 0.251 e. The third-order valence-electron chi connectivity index (χ3n) is 2.66. The van der Waals surface area contributed by atoms with Crippen molar-refractivity contribution in [2.45, 2.75) is 38.6 Å². The predicted molar refractivity (Wildman–Crippen MR) is 51.8 cm³/mol. The Morgan fingerprint density at radius 3 is 2.54 bits per heavy atom. The minimum Gasteiger partial charge on any atom is -0.293 e. The number of nitrogens with one attached hydrogen (secondary N) is 1. The van der Waals surface area contributed by atoms with E-state index in [9.17, 15) is 4.79 Å². The molecule has 0 aromatic carbocycles. The van der Waals surface area contributed by atoms with Gasteiger partial charge in [-0.05, 0) is 32.4 Å². The molecule has 1 aliphatic rings. The minimum absolute atomic E-state index is 0.0229. The van der Waals surface area contributed by atoms with Crippen LogP contribution in [0.4, 0.5) is 0 Å².